The molecule has 3 nitrogen and oxygen atoms in total. The van der Waals surface area contributed by atoms with Gasteiger partial charge in [0.15, 0.2) is 0 Å². The molecule has 0 aromatic heterocycles. The van der Waals surface area contributed by atoms with Gasteiger partial charge in [-0.1, -0.05) is 6.07 Å². The predicted molar refractivity (Wildman–Crippen MR) is 74.5 cm³/mol. The van der Waals surface area contributed by atoms with Gasteiger partial charge in [-0.3, -0.25) is 0 Å². The summed E-state index contributed by atoms with van der Waals surface area (Å²) in [5.74, 6) is 0. The number of ether oxygens (including phenoxy) is 1. The average molecular weight is 299 g/mol. The number of nitrogens with two attached hydrogens (primary N) is 1. The van der Waals surface area contributed by atoms with Crippen LogP contribution in [0.2, 0.25) is 0 Å². The zero-order chi connectivity index (χ0) is 12.3. The lowest BCUT2D eigenvalue weighted by molar-refractivity contribution is 0.0989. The summed E-state index contributed by atoms with van der Waals surface area (Å²) in [4.78, 5) is 2.39. The molecule has 1 unspecified atom stereocenters. The Morgan fingerprint density at radius 2 is 2.35 bits per heavy atom. The number of rotatable bonds is 3. The number of hydrogen-bond donors (Lipinski definition) is 1. The highest BCUT2D eigenvalue weighted by Gasteiger charge is 2.20. The Morgan fingerprint density at radius 1 is 1.53 bits per heavy atom. The van der Waals surface area contributed by atoms with Gasteiger partial charge >= 0.3 is 0 Å². The van der Waals surface area contributed by atoms with Gasteiger partial charge < -0.3 is 15.4 Å². The van der Waals surface area contributed by atoms with Crippen molar-refractivity contribution in [1.29, 1.82) is 0 Å². The Kier molecular flexibility index (Phi) is 4.42. The zero-order valence-corrected chi connectivity index (χ0v) is 11.7. The van der Waals surface area contributed by atoms with Crippen molar-refractivity contribution in [2.24, 2.45) is 5.73 Å². The first-order valence-corrected chi connectivity index (χ1v) is 6.84. The molecule has 2 N–H and O–H groups in total. The third kappa shape index (κ3) is 3.00. The van der Waals surface area contributed by atoms with Gasteiger partial charge in [0.05, 0.1) is 18.9 Å². The normalized spacial score (nSPS) is 20.6. The average Bonchev–Trinajstić information content (AvgIpc) is 2.31. The van der Waals surface area contributed by atoms with Crippen LogP contribution in [0.15, 0.2) is 22.7 Å². The minimum Gasteiger partial charge on any atom is -0.377 e. The molecule has 17 heavy (non-hydrogen) atoms. The molecule has 1 heterocycles. The molecule has 2 rings (SSSR count). The topological polar surface area (TPSA) is 38.5 Å². The van der Waals surface area contributed by atoms with Crippen LogP contribution in [-0.4, -0.2) is 32.3 Å². The summed E-state index contributed by atoms with van der Waals surface area (Å²) in [5, 5.41) is 0. The highest BCUT2D eigenvalue weighted by molar-refractivity contribution is 9.10. The van der Waals surface area contributed by atoms with Gasteiger partial charge in [0.1, 0.15) is 0 Å². The van der Waals surface area contributed by atoms with Crippen LogP contribution in [0.3, 0.4) is 0 Å². The molecule has 94 valence electrons. The van der Waals surface area contributed by atoms with E-state index in [1.54, 1.807) is 0 Å². The summed E-state index contributed by atoms with van der Waals surface area (Å²) in [6, 6.07) is 6.94. The zero-order valence-electron chi connectivity index (χ0n) is 10.2. The van der Waals surface area contributed by atoms with E-state index in [2.05, 4.69) is 46.0 Å². The number of halogens is 1. The number of morpholine rings is 1. The van der Waals surface area contributed by atoms with Crippen LogP contribution in [0, 0.1) is 0 Å². The largest absolute Gasteiger partial charge is 0.377 e. The second-order valence-electron chi connectivity index (χ2n) is 4.44. The third-order valence-corrected chi connectivity index (χ3v) is 3.76. The lowest BCUT2D eigenvalue weighted by atomic mass is 10.1. The van der Waals surface area contributed by atoms with Crippen molar-refractivity contribution in [3.63, 3.8) is 0 Å². The molecule has 1 aromatic carbocycles. The molecule has 0 aliphatic carbocycles. The Morgan fingerprint density at radius 3 is 3.00 bits per heavy atom. The highest BCUT2D eigenvalue weighted by Crippen LogP contribution is 2.29. The summed E-state index contributed by atoms with van der Waals surface area (Å²) in [6.07, 6.45) is 0.928. The fourth-order valence-corrected chi connectivity index (χ4v) is 2.84. The number of nitrogens with zero attached hydrogens (tertiary/aromatic N) is 1. The molecule has 0 spiro atoms. The third-order valence-electron chi connectivity index (χ3n) is 3.12. The van der Waals surface area contributed by atoms with E-state index in [9.17, 15) is 0 Å². The number of anilines is 1. The highest BCUT2D eigenvalue weighted by atomic mass is 79.9. The predicted octanol–water partition coefficient (Wildman–Crippen LogP) is 2.18. The smallest absolute Gasteiger partial charge is 0.0668 e. The Balaban J connectivity index is 2.20. The van der Waals surface area contributed by atoms with Crippen LogP contribution >= 0.6 is 15.9 Å². The molecule has 0 bridgehead atoms. The number of benzene rings is 1. The maximum atomic E-state index is 5.57. The summed E-state index contributed by atoms with van der Waals surface area (Å²) in [7, 11) is 0. The molecule has 4 heteroatoms. The standard InChI is InChI=1S/C13H19BrN2O/c1-10-9-17-7-6-16(10)13-3-2-11(4-5-15)8-12(13)14/h2-3,8,10H,4-7,9,15H2,1H3. The second-order valence-corrected chi connectivity index (χ2v) is 5.30. The van der Waals surface area contributed by atoms with Crippen molar-refractivity contribution >= 4 is 21.6 Å². The first-order chi connectivity index (χ1) is 8.22. The molecule has 1 aliphatic heterocycles. The van der Waals surface area contributed by atoms with E-state index < -0.39 is 0 Å². The molecule has 1 fully saturated rings. The van der Waals surface area contributed by atoms with Crippen LogP contribution in [0.1, 0.15) is 12.5 Å². The molecule has 0 radical (unpaired) electrons. The summed E-state index contributed by atoms with van der Waals surface area (Å²) in [5.41, 5.74) is 8.10. The van der Waals surface area contributed by atoms with E-state index in [4.69, 9.17) is 10.5 Å². The van der Waals surface area contributed by atoms with Crippen molar-refractivity contribution in [3.05, 3.63) is 28.2 Å². The van der Waals surface area contributed by atoms with Crippen LogP contribution in [0.4, 0.5) is 5.69 Å². The minimum atomic E-state index is 0.431. The van der Waals surface area contributed by atoms with Crippen LogP contribution in [-0.2, 0) is 11.2 Å². The van der Waals surface area contributed by atoms with Crippen LogP contribution in [0.5, 0.6) is 0 Å². The molecule has 0 amide bonds. The van der Waals surface area contributed by atoms with E-state index in [-0.39, 0.29) is 0 Å². The van der Waals surface area contributed by atoms with Gasteiger partial charge in [-0.2, -0.15) is 0 Å². The maximum Gasteiger partial charge on any atom is 0.0668 e. The fraction of sp³-hybridized carbons (Fsp3) is 0.538. The van der Waals surface area contributed by atoms with E-state index in [1.807, 2.05) is 0 Å². The van der Waals surface area contributed by atoms with Crippen molar-refractivity contribution in [2.75, 3.05) is 31.2 Å². The summed E-state index contributed by atoms with van der Waals surface area (Å²) >= 11 is 3.66. The van der Waals surface area contributed by atoms with E-state index in [0.29, 0.717) is 12.6 Å². The van der Waals surface area contributed by atoms with Crippen LogP contribution in [0.25, 0.3) is 0 Å². The van der Waals surface area contributed by atoms with Crippen molar-refractivity contribution in [1.82, 2.24) is 0 Å². The van der Waals surface area contributed by atoms with E-state index in [1.165, 1.54) is 11.3 Å². The second kappa shape index (κ2) is 5.85. The summed E-state index contributed by atoms with van der Waals surface area (Å²) < 4.78 is 6.61. The molecule has 1 atom stereocenters. The monoisotopic (exact) mass is 298 g/mol. The first-order valence-electron chi connectivity index (χ1n) is 6.05. The van der Waals surface area contributed by atoms with Crippen molar-refractivity contribution in [3.8, 4) is 0 Å². The molecule has 0 saturated carbocycles. The Labute approximate surface area is 111 Å². The van der Waals surface area contributed by atoms with Gasteiger partial charge in [-0.15, -0.1) is 0 Å². The van der Waals surface area contributed by atoms with Crippen LogP contribution < -0.4 is 10.6 Å². The van der Waals surface area contributed by atoms with Gasteiger partial charge in [-0.05, 0) is 53.5 Å². The summed E-state index contributed by atoms with van der Waals surface area (Å²) in [6.45, 7) is 5.45. The first kappa shape index (κ1) is 12.9. The lowest BCUT2D eigenvalue weighted by Gasteiger charge is -2.36. The molecular weight excluding hydrogens is 280 g/mol. The van der Waals surface area contributed by atoms with Crippen molar-refractivity contribution < 1.29 is 4.74 Å². The van der Waals surface area contributed by atoms with E-state index >= 15 is 0 Å². The van der Waals surface area contributed by atoms with Gasteiger partial charge in [0.25, 0.3) is 0 Å². The lowest BCUT2D eigenvalue weighted by Crippen LogP contribution is -2.43. The number of hydrogen-bond acceptors (Lipinski definition) is 3. The Bertz CT molecular complexity index is 384. The fourth-order valence-electron chi connectivity index (χ4n) is 2.19. The quantitative estimate of drug-likeness (QED) is 0.929. The SMILES string of the molecule is CC1COCCN1c1ccc(CCN)cc1Br. The van der Waals surface area contributed by atoms with Gasteiger partial charge in [-0.25, -0.2) is 0 Å². The van der Waals surface area contributed by atoms with Gasteiger partial charge in [0, 0.05) is 17.1 Å². The van der Waals surface area contributed by atoms with E-state index in [0.717, 1.165) is 30.7 Å². The Hall–Kier alpha value is -0.580. The van der Waals surface area contributed by atoms with Crippen molar-refractivity contribution in [2.45, 2.75) is 19.4 Å². The molecule has 1 saturated heterocycles. The molecule has 1 aromatic rings. The van der Waals surface area contributed by atoms with Gasteiger partial charge in [0.2, 0.25) is 0 Å². The molecule has 1 aliphatic rings. The molecular formula is C13H19BrN2O. The maximum absolute atomic E-state index is 5.57. The minimum absolute atomic E-state index is 0.431.